The van der Waals surface area contributed by atoms with Gasteiger partial charge < -0.3 is 0 Å². The zero-order valence-corrected chi connectivity index (χ0v) is 17.8. The molecule has 0 aliphatic rings. The number of carbonyl (C=O) groups is 1. The third-order valence-electron chi connectivity index (χ3n) is 5.92. The Morgan fingerprint density at radius 3 is 2.29 bits per heavy atom. The van der Waals surface area contributed by atoms with Crippen molar-refractivity contribution in [1.29, 1.82) is 0 Å². The molecule has 0 spiro atoms. The quantitative estimate of drug-likeness (QED) is 0.350. The molecule has 0 bridgehead atoms. The first kappa shape index (κ1) is 19.2. The van der Waals surface area contributed by atoms with Crippen molar-refractivity contribution in [3.63, 3.8) is 0 Å². The van der Waals surface area contributed by atoms with Crippen LogP contribution in [0.4, 0.5) is 0 Å². The zero-order valence-electron chi connectivity index (χ0n) is 17.8. The summed E-state index contributed by atoms with van der Waals surface area (Å²) in [5.74, 6) is 0.373. The van der Waals surface area contributed by atoms with E-state index in [0.29, 0.717) is 5.92 Å². The van der Waals surface area contributed by atoms with Gasteiger partial charge in [-0.3, -0.25) is 9.36 Å². The Labute approximate surface area is 181 Å². The second-order valence-electron chi connectivity index (χ2n) is 8.11. The van der Waals surface area contributed by atoms with Crippen LogP contribution in [0.5, 0.6) is 0 Å². The fourth-order valence-corrected chi connectivity index (χ4v) is 4.48. The molecule has 5 rings (SSSR count). The van der Waals surface area contributed by atoms with Crippen LogP contribution in [0.15, 0.2) is 79.1 Å². The summed E-state index contributed by atoms with van der Waals surface area (Å²) in [6.45, 7) is 6.52. The molecule has 0 saturated carbocycles. The van der Waals surface area contributed by atoms with Gasteiger partial charge in [-0.15, -0.1) is 0 Å². The summed E-state index contributed by atoms with van der Waals surface area (Å²) in [5, 5.41) is 2.11. The van der Waals surface area contributed by atoms with Gasteiger partial charge in [0.1, 0.15) is 0 Å². The van der Waals surface area contributed by atoms with Crippen molar-refractivity contribution < 1.29 is 4.79 Å². The maximum absolute atomic E-state index is 13.5. The minimum atomic E-state index is -0.218. The van der Waals surface area contributed by atoms with E-state index in [-0.39, 0.29) is 11.7 Å². The van der Waals surface area contributed by atoms with E-state index < -0.39 is 0 Å². The van der Waals surface area contributed by atoms with Crippen molar-refractivity contribution in [3.8, 4) is 11.1 Å². The molecule has 5 aromatic rings. The lowest BCUT2D eigenvalue weighted by Gasteiger charge is -2.16. The summed E-state index contributed by atoms with van der Waals surface area (Å²) >= 11 is 0. The van der Waals surface area contributed by atoms with E-state index >= 15 is 0 Å². The number of para-hydroxylation sites is 1. The van der Waals surface area contributed by atoms with E-state index in [1.807, 2.05) is 18.2 Å². The topological polar surface area (TPSA) is 47.8 Å². The number of fused-ring (bicyclic) bond motifs is 3. The molecule has 0 unspecified atom stereocenters. The van der Waals surface area contributed by atoms with E-state index in [1.165, 1.54) is 11.1 Å². The summed E-state index contributed by atoms with van der Waals surface area (Å²) in [5.41, 5.74) is 6.50. The van der Waals surface area contributed by atoms with Crippen molar-refractivity contribution >= 4 is 27.7 Å². The molecule has 2 aromatic heterocycles. The largest absolute Gasteiger partial charge is 0.300 e. The highest BCUT2D eigenvalue weighted by Crippen LogP contribution is 2.38. The number of aromatic nitrogens is 3. The standard InChI is InChI=1S/C27H23N3O/c1-17(2)19-9-4-5-10-21(19)20-13-14-23-22-11-6-7-12-24(22)30(25(23)18(20)3)27(31)26-28-15-8-16-29-26/h4-17H,1-3H3. The lowest BCUT2D eigenvalue weighted by Crippen LogP contribution is -2.15. The normalized spacial score (nSPS) is 11.5. The number of benzene rings is 3. The lowest BCUT2D eigenvalue weighted by molar-refractivity contribution is 0.0959. The number of rotatable bonds is 3. The molecule has 2 heterocycles. The van der Waals surface area contributed by atoms with Gasteiger partial charge in [0, 0.05) is 23.2 Å². The first-order valence-corrected chi connectivity index (χ1v) is 10.5. The first-order chi connectivity index (χ1) is 15.1. The molecule has 152 valence electrons. The predicted octanol–water partition coefficient (Wildman–Crippen LogP) is 6.37. The smallest absolute Gasteiger partial charge is 0.273 e. The Bertz CT molecular complexity index is 1430. The SMILES string of the molecule is Cc1c(-c2ccccc2C(C)C)ccc2c3ccccc3n(C(=O)c3ncccn3)c12. The van der Waals surface area contributed by atoms with Crippen LogP contribution in [0.2, 0.25) is 0 Å². The van der Waals surface area contributed by atoms with Crippen LogP contribution in [0.25, 0.3) is 32.9 Å². The highest BCUT2D eigenvalue weighted by molar-refractivity contribution is 6.17. The highest BCUT2D eigenvalue weighted by atomic mass is 16.2. The van der Waals surface area contributed by atoms with Gasteiger partial charge in [-0.2, -0.15) is 0 Å². The number of nitrogens with zero attached hydrogens (tertiary/aromatic N) is 3. The van der Waals surface area contributed by atoms with Gasteiger partial charge in [0.05, 0.1) is 11.0 Å². The Kier molecular flexibility index (Phi) is 4.63. The second-order valence-corrected chi connectivity index (χ2v) is 8.11. The fraction of sp³-hybridized carbons (Fsp3) is 0.148. The minimum absolute atomic E-state index is 0.192. The molecule has 0 aliphatic carbocycles. The molecule has 0 saturated heterocycles. The summed E-state index contributed by atoms with van der Waals surface area (Å²) in [6, 6.07) is 22.5. The van der Waals surface area contributed by atoms with Crippen molar-refractivity contribution in [2.75, 3.05) is 0 Å². The molecular weight excluding hydrogens is 382 g/mol. The average Bonchev–Trinajstić information content (AvgIpc) is 3.15. The van der Waals surface area contributed by atoms with Crippen LogP contribution in [-0.4, -0.2) is 20.4 Å². The Morgan fingerprint density at radius 2 is 1.52 bits per heavy atom. The third kappa shape index (κ3) is 3.03. The highest BCUT2D eigenvalue weighted by Gasteiger charge is 2.22. The predicted molar refractivity (Wildman–Crippen MR) is 125 cm³/mol. The second kappa shape index (κ2) is 7.47. The maximum Gasteiger partial charge on any atom is 0.300 e. The summed E-state index contributed by atoms with van der Waals surface area (Å²) in [4.78, 5) is 22.0. The monoisotopic (exact) mass is 405 g/mol. The van der Waals surface area contributed by atoms with Crippen LogP contribution in [0.1, 0.15) is 41.5 Å². The number of aryl methyl sites for hydroxylation is 1. The molecule has 0 atom stereocenters. The van der Waals surface area contributed by atoms with Crippen LogP contribution < -0.4 is 0 Å². The molecule has 0 amide bonds. The summed E-state index contributed by atoms with van der Waals surface area (Å²) in [6.07, 6.45) is 3.20. The van der Waals surface area contributed by atoms with Crippen molar-refractivity contribution in [2.45, 2.75) is 26.7 Å². The Balaban J connectivity index is 1.86. The molecular formula is C27H23N3O. The number of hydrogen-bond donors (Lipinski definition) is 0. The van der Waals surface area contributed by atoms with Crippen molar-refractivity contribution in [3.05, 3.63) is 96.1 Å². The van der Waals surface area contributed by atoms with Gasteiger partial charge in [-0.1, -0.05) is 68.4 Å². The van der Waals surface area contributed by atoms with Crippen molar-refractivity contribution in [1.82, 2.24) is 14.5 Å². The Hall–Kier alpha value is -3.79. The minimum Gasteiger partial charge on any atom is -0.273 e. The van der Waals surface area contributed by atoms with Gasteiger partial charge in [0.15, 0.2) is 0 Å². The van der Waals surface area contributed by atoms with E-state index in [2.05, 4.69) is 73.2 Å². The van der Waals surface area contributed by atoms with Crippen LogP contribution >= 0.6 is 0 Å². The fourth-order valence-electron chi connectivity index (χ4n) is 4.48. The molecule has 0 radical (unpaired) electrons. The third-order valence-corrected chi connectivity index (χ3v) is 5.92. The van der Waals surface area contributed by atoms with E-state index in [0.717, 1.165) is 32.9 Å². The van der Waals surface area contributed by atoms with E-state index in [4.69, 9.17) is 0 Å². The average molecular weight is 406 g/mol. The summed E-state index contributed by atoms with van der Waals surface area (Å²) < 4.78 is 1.77. The number of hydrogen-bond acceptors (Lipinski definition) is 3. The van der Waals surface area contributed by atoms with E-state index in [1.54, 1.807) is 23.0 Å². The van der Waals surface area contributed by atoms with E-state index in [9.17, 15) is 4.79 Å². The molecule has 0 N–H and O–H groups in total. The van der Waals surface area contributed by atoms with Crippen molar-refractivity contribution in [2.24, 2.45) is 0 Å². The van der Waals surface area contributed by atoms with Gasteiger partial charge in [0.2, 0.25) is 5.82 Å². The Morgan fingerprint density at radius 1 is 0.806 bits per heavy atom. The lowest BCUT2D eigenvalue weighted by atomic mass is 9.89. The molecule has 4 heteroatoms. The summed E-state index contributed by atoms with van der Waals surface area (Å²) in [7, 11) is 0. The first-order valence-electron chi connectivity index (χ1n) is 10.5. The molecule has 31 heavy (non-hydrogen) atoms. The zero-order chi connectivity index (χ0) is 21.5. The molecule has 3 aromatic carbocycles. The van der Waals surface area contributed by atoms with Gasteiger partial charge in [0.25, 0.3) is 0 Å². The van der Waals surface area contributed by atoms with Gasteiger partial charge >= 0.3 is 5.91 Å². The molecule has 4 nitrogen and oxygen atoms in total. The molecule has 0 aliphatic heterocycles. The molecule has 0 fully saturated rings. The maximum atomic E-state index is 13.5. The van der Waals surface area contributed by atoms with Crippen LogP contribution in [0, 0.1) is 6.92 Å². The van der Waals surface area contributed by atoms with Gasteiger partial charge in [-0.25, -0.2) is 9.97 Å². The van der Waals surface area contributed by atoms with Gasteiger partial charge in [-0.05, 0) is 47.2 Å². The number of carbonyl (C=O) groups excluding carboxylic acids is 1. The van der Waals surface area contributed by atoms with Crippen LogP contribution in [0.3, 0.4) is 0 Å². The van der Waals surface area contributed by atoms with Crippen LogP contribution in [-0.2, 0) is 0 Å².